The first kappa shape index (κ1) is 11.9. The summed E-state index contributed by atoms with van der Waals surface area (Å²) in [5.41, 5.74) is 0. The van der Waals surface area contributed by atoms with Gasteiger partial charge in [-0.15, -0.1) is 0 Å². The summed E-state index contributed by atoms with van der Waals surface area (Å²) in [6.07, 6.45) is 0.899. The van der Waals surface area contributed by atoms with Gasteiger partial charge in [-0.1, -0.05) is 0 Å². The number of hydrogen-bond donors (Lipinski definition) is 0. The minimum absolute atomic E-state index is 0.0688. The first-order valence-electron chi connectivity index (χ1n) is 3.65. The van der Waals surface area contributed by atoms with Crippen molar-refractivity contribution in [1.29, 1.82) is 5.26 Å². The van der Waals surface area contributed by atoms with Gasteiger partial charge in [0.15, 0.2) is 0 Å². The van der Waals surface area contributed by atoms with Crippen LogP contribution in [0.1, 0.15) is 6.42 Å². The van der Waals surface area contributed by atoms with Gasteiger partial charge in [0.1, 0.15) is 16.3 Å². The Morgan fingerprint density at radius 3 is 2.46 bits per heavy atom. The van der Waals surface area contributed by atoms with Crippen molar-refractivity contribution in [3.63, 3.8) is 0 Å². The van der Waals surface area contributed by atoms with E-state index in [1.165, 1.54) is 11.9 Å². The van der Waals surface area contributed by atoms with Crippen LogP contribution in [0, 0.1) is 11.3 Å². The third-order valence-corrected chi connectivity index (χ3v) is 2.38. The van der Waals surface area contributed by atoms with E-state index in [2.05, 4.69) is 0 Å². The van der Waals surface area contributed by atoms with Crippen molar-refractivity contribution in [2.45, 2.75) is 6.42 Å². The fraction of sp³-hybridized carbons (Fsp3) is 0.714. The number of nitrogens with zero attached hydrogens (tertiary/aromatic N) is 2. The Balaban J connectivity index is 3.96. The largest absolute Gasteiger partial charge is 0.344 e. The van der Waals surface area contributed by atoms with Gasteiger partial charge in [-0.05, 0) is 0 Å². The van der Waals surface area contributed by atoms with E-state index >= 15 is 0 Å². The predicted molar refractivity (Wildman–Crippen MR) is 47.6 cm³/mol. The Kier molecular flexibility index (Phi) is 4.42. The summed E-state index contributed by atoms with van der Waals surface area (Å²) in [5, 5.41) is 8.20. The summed E-state index contributed by atoms with van der Waals surface area (Å²) in [6, 6.07) is 1.70. The van der Waals surface area contributed by atoms with Crippen LogP contribution >= 0.6 is 0 Å². The van der Waals surface area contributed by atoms with Crippen molar-refractivity contribution in [2.24, 2.45) is 0 Å². The minimum Gasteiger partial charge on any atom is -0.344 e. The van der Waals surface area contributed by atoms with Gasteiger partial charge >= 0.3 is 0 Å². The topological polar surface area (TPSA) is 78.2 Å². The first-order valence-corrected chi connectivity index (χ1v) is 5.71. The molecule has 0 aromatic rings. The van der Waals surface area contributed by atoms with E-state index in [-0.39, 0.29) is 24.6 Å². The monoisotopic (exact) mass is 204 g/mol. The molecule has 0 fully saturated rings. The molecule has 0 saturated carbocycles. The molecule has 0 aliphatic rings. The molecule has 13 heavy (non-hydrogen) atoms. The molecule has 0 atom stereocenters. The van der Waals surface area contributed by atoms with Crippen LogP contribution in [0.3, 0.4) is 0 Å². The second-order valence-electron chi connectivity index (χ2n) is 2.78. The number of carbonyl (C=O) groups is 1. The number of rotatable bonds is 4. The third-order valence-electron chi connectivity index (χ3n) is 1.45. The molecule has 0 aromatic carbocycles. The molecule has 0 rings (SSSR count). The molecule has 74 valence electrons. The quantitative estimate of drug-likeness (QED) is 0.612. The minimum atomic E-state index is -3.04. The average molecular weight is 204 g/mol. The van der Waals surface area contributed by atoms with Crippen molar-refractivity contribution in [1.82, 2.24) is 4.90 Å². The highest BCUT2D eigenvalue weighted by molar-refractivity contribution is 7.90. The van der Waals surface area contributed by atoms with Crippen LogP contribution < -0.4 is 0 Å². The van der Waals surface area contributed by atoms with Crippen LogP contribution in [0.4, 0.5) is 0 Å². The number of nitriles is 1. The van der Waals surface area contributed by atoms with Crippen molar-refractivity contribution in [2.75, 3.05) is 25.6 Å². The van der Waals surface area contributed by atoms with Crippen LogP contribution in [-0.2, 0) is 14.6 Å². The Labute approximate surface area is 77.9 Å². The molecule has 0 unspecified atom stereocenters. The molecule has 0 aliphatic heterocycles. The van der Waals surface area contributed by atoms with Gasteiger partial charge in [0.25, 0.3) is 0 Å². The Bertz CT molecular complexity index is 315. The molecule has 0 heterocycles. The second-order valence-corrected chi connectivity index (χ2v) is 5.04. The smallest absolute Gasteiger partial charge is 0.236 e. The van der Waals surface area contributed by atoms with Crippen LogP contribution in [0.15, 0.2) is 0 Å². The molecule has 0 aliphatic carbocycles. The lowest BCUT2D eigenvalue weighted by Crippen LogP contribution is -2.30. The van der Waals surface area contributed by atoms with E-state index in [0.29, 0.717) is 0 Å². The summed E-state index contributed by atoms with van der Waals surface area (Å²) in [7, 11) is -1.57. The summed E-state index contributed by atoms with van der Waals surface area (Å²) in [5.74, 6) is -0.424. The Morgan fingerprint density at radius 1 is 1.54 bits per heavy atom. The second kappa shape index (κ2) is 4.82. The van der Waals surface area contributed by atoms with E-state index in [1.54, 1.807) is 6.07 Å². The fourth-order valence-corrected chi connectivity index (χ4v) is 1.24. The lowest BCUT2D eigenvalue weighted by Gasteiger charge is -2.14. The predicted octanol–water partition coefficient (Wildman–Crippen LogP) is -0.597. The van der Waals surface area contributed by atoms with Gasteiger partial charge in [-0.25, -0.2) is 8.42 Å². The number of amides is 1. The standard InChI is InChI=1S/C7H12N2O3S/c1-9(7(10)3-4-8)5-6-13(2,11)12/h3,5-6H2,1-2H3. The highest BCUT2D eigenvalue weighted by atomic mass is 32.2. The SMILES string of the molecule is CN(CCS(C)(=O)=O)C(=O)CC#N. The van der Waals surface area contributed by atoms with Crippen LogP contribution in [0.2, 0.25) is 0 Å². The van der Waals surface area contributed by atoms with Crippen molar-refractivity contribution in [3.8, 4) is 6.07 Å². The first-order chi connectivity index (χ1) is 5.87. The van der Waals surface area contributed by atoms with Gasteiger partial charge in [0.2, 0.25) is 5.91 Å². The van der Waals surface area contributed by atoms with E-state index in [4.69, 9.17) is 5.26 Å². The maximum absolute atomic E-state index is 11.0. The zero-order valence-corrected chi connectivity index (χ0v) is 8.47. The molecular weight excluding hydrogens is 192 g/mol. The van der Waals surface area contributed by atoms with Crippen LogP contribution in [0.25, 0.3) is 0 Å². The molecule has 0 radical (unpaired) electrons. The fourth-order valence-electron chi connectivity index (χ4n) is 0.630. The van der Waals surface area contributed by atoms with Gasteiger partial charge in [-0.3, -0.25) is 4.79 Å². The summed E-state index contributed by atoms with van der Waals surface area (Å²) in [4.78, 5) is 12.2. The van der Waals surface area contributed by atoms with Crippen molar-refractivity contribution < 1.29 is 13.2 Å². The normalized spacial score (nSPS) is 10.5. The zero-order chi connectivity index (χ0) is 10.5. The van der Waals surface area contributed by atoms with Gasteiger partial charge in [0, 0.05) is 19.8 Å². The summed E-state index contributed by atoms with van der Waals surface area (Å²) >= 11 is 0. The maximum Gasteiger partial charge on any atom is 0.236 e. The van der Waals surface area contributed by atoms with E-state index in [1.807, 2.05) is 0 Å². The molecule has 6 heteroatoms. The number of carbonyl (C=O) groups excluding carboxylic acids is 1. The molecular formula is C7H12N2O3S. The molecule has 5 nitrogen and oxygen atoms in total. The molecule has 0 bridgehead atoms. The van der Waals surface area contributed by atoms with Crippen LogP contribution in [0.5, 0.6) is 0 Å². The van der Waals surface area contributed by atoms with Crippen LogP contribution in [-0.4, -0.2) is 44.8 Å². The molecule has 0 spiro atoms. The lowest BCUT2D eigenvalue weighted by atomic mass is 10.4. The molecule has 0 saturated heterocycles. The van der Waals surface area contributed by atoms with E-state index in [0.717, 1.165) is 6.26 Å². The maximum atomic E-state index is 11.0. The van der Waals surface area contributed by atoms with E-state index < -0.39 is 9.84 Å². The van der Waals surface area contributed by atoms with Gasteiger partial charge in [0.05, 0.1) is 11.8 Å². The molecule has 1 amide bonds. The number of hydrogen-bond acceptors (Lipinski definition) is 4. The molecule has 0 aromatic heterocycles. The Hall–Kier alpha value is -1.09. The van der Waals surface area contributed by atoms with Gasteiger partial charge < -0.3 is 4.90 Å². The zero-order valence-electron chi connectivity index (χ0n) is 7.65. The highest BCUT2D eigenvalue weighted by Crippen LogP contribution is 1.91. The summed E-state index contributed by atoms with van der Waals surface area (Å²) < 4.78 is 21.4. The van der Waals surface area contributed by atoms with E-state index in [9.17, 15) is 13.2 Å². The highest BCUT2D eigenvalue weighted by Gasteiger charge is 2.10. The number of sulfone groups is 1. The Morgan fingerprint density at radius 2 is 2.08 bits per heavy atom. The summed E-state index contributed by atoms with van der Waals surface area (Å²) in [6.45, 7) is 0.138. The molecule has 0 N–H and O–H groups in total. The van der Waals surface area contributed by atoms with Crippen molar-refractivity contribution in [3.05, 3.63) is 0 Å². The third kappa shape index (κ3) is 6.11. The average Bonchev–Trinajstić information content (AvgIpc) is 1.99. The van der Waals surface area contributed by atoms with Gasteiger partial charge in [-0.2, -0.15) is 5.26 Å². The van der Waals surface area contributed by atoms with Crippen molar-refractivity contribution >= 4 is 15.7 Å². The lowest BCUT2D eigenvalue weighted by molar-refractivity contribution is -0.128.